The van der Waals surface area contributed by atoms with E-state index in [0.717, 1.165) is 66.3 Å². The molecule has 1 saturated heterocycles. The average Bonchev–Trinajstić information content (AvgIpc) is 3.33. The first-order chi connectivity index (χ1) is 18.1. The highest BCUT2D eigenvalue weighted by atomic mass is 16.3. The maximum absolute atomic E-state index is 12.7. The molecule has 1 amide bonds. The van der Waals surface area contributed by atoms with Gasteiger partial charge in [0.1, 0.15) is 11.6 Å². The zero-order valence-electron chi connectivity index (χ0n) is 21.4. The normalized spacial score (nSPS) is 15.6. The average molecular weight is 499 g/mol. The van der Waals surface area contributed by atoms with E-state index in [9.17, 15) is 9.90 Å². The minimum absolute atomic E-state index is 0.148. The van der Waals surface area contributed by atoms with Crippen molar-refractivity contribution in [3.05, 3.63) is 77.5 Å². The molecule has 8 heteroatoms. The van der Waals surface area contributed by atoms with Crippen LogP contribution in [0.25, 0.3) is 5.65 Å². The monoisotopic (exact) mass is 498 g/mol. The van der Waals surface area contributed by atoms with Gasteiger partial charge in [0.15, 0.2) is 5.65 Å². The first-order valence-electron chi connectivity index (χ1n) is 13.1. The summed E-state index contributed by atoms with van der Waals surface area (Å²) >= 11 is 0. The molecule has 0 aliphatic carbocycles. The van der Waals surface area contributed by atoms with Crippen molar-refractivity contribution in [1.29, 1.82) is 0 Å². The Labute approximate surface area is 217 Å². The lowest BCUT2D eigenvalue weighted by molar-refractivity contribution is 0.102. The second kappa shape index (κ2) is 11.0. The second-order valence-electron chi connectivity index (χ2n) is 9.64. The van der Waals surface area contributed by atoms with Gasteiger partial charge in [0, 0.05) is 47.8 Å². The lowest BCUT2D eigenvalue weighted by Crippen LogP contribution is -2.40. The molecule has 37 heavy (non-hydrogen) atoms. The van der Waals surface area contributed by atoms with Crippen LogP contribution in [0.15, 0.2) is 60.8 Å². The Hall–Kier alpha value is -3.91. The van der Waals surface area contributed by atoms with Gasteiger partial charge in [-0.1, -0.05) is 30.7 Å². The molecule has 0 saturated carbocycles. The molecule has 0 bridgehead atoms. The zero-order chi connectivity index (χ0) is 25.8. The van der Waals surface area contributed by atoms with Gasteiger partial charge >= 0.3 is 0 Å². The lowest BCUT2D eigenvalue weighted by atomic mass is 9.99. The summed E-state index contributed by atoms with van der Waals surface area (Å²) in [4.78, 5) is 20.1. The van der Waals surface area contributed by atoms with E-state index in [2.05, 4.69) is 27.6 Å². The summed E-state index contributed by atoms with van der Waals surface area (Å²) in [6.45, 7) is 5.19. The molecular formula is C29H34N6O2. The van der Waals surface area contributed by atoms with Gasteiger partial charge in [-0.15, -0.1) is 0 Å². The van der Waals surface area contributed by atoms with Crippen LogP contribution in [0.5, 0.6) is 0 Å². The molecule has 3 N–H and O–H groups in total. The van der Waals surface area contributed by atoms with Crippen LogP contribution < -0.4 is 15.5 Å². The maximum atomic E-state index is 12.7. The van der Waals surface area contributed by atoms with E-state index in [0.29, 0.717) is 11.3 Å². The summed E-state index contributed by atoms with van der Waals surface area (Å²) in [5.41, 5.74) is 5.18. The minimum atomic E-state index is -0.148. The number of fused-ring (bicyclic) bond motifs is 1. The number of piperidine rings is 1. The number of nitrogens with one attached hydrogen (secondary N) is 2. The number of rotatable bonds is 8. The predicted octanol–water partition coefficient (Wildman–Crippen LogP) is 5.34. The fraction of sp³-hybridized carbons (Fsp3) is 0.345. The SMILES string of the molecule is CCc1cnn2c(Nc3cccc(NC(=O)c4ccc(C)cc4)c3)cc(N3CCCCC3CCO)nc12. The van der Waals surface area contributed by atoms with Gasteiger partial charge < -0.3 is 20.6 Å². The van der Waals surface area contributed by atoms with E-state index in [1.54, 1.807) is 0 Å². The van der Waals surface area contributed by atoms with Crippen LogP contribution in [0.2, 0.25) is 0 Å². The number of aryl methyl sites for hydroxylation is 2. The van der Waals surface area contributed by atoms with Crippen LogP contribution in [0, 0.1) is 6.92 Å². The topological polar surface area (TPSA) is 94.8 Å². The van der Waals surface area contributed by atoms with Crippen molar-refractivity contribution in [2.24, 2.45) is 0 Å². The summed E-state index contributed by atoms with van der Waals surface area (Å²) in [6.07, 6.45) is 6.77. The van der Waals surface area contributed by atoms with E-state index in [4.69, 9.17) is 4.98 Å². The van der Waals surface area contributed by atoms with E-state index in [1.165, 1.54) is 6.42 Å². The van der Waals surface area contributed by atoms with Crippen LogP contribution in [-0.2, 0) is 6.42 Å². The number of carbonyl (C=O) groups excluding carboxylic acids is 1. The van der Waals surface area contributed by atoms with Crippen molar-refractivity contribution < 1.29 is 9.90 Å². The Bertz CT molecular complexity index is 1380. The Balaban J connectivity index is 1.44. The summed E-state index contributed by atoms with van der Waals surface area (Å²) in [5, 5.41) is 20.7. The van der Waals surface area contributed by atoms with E-state index < -0.39 is 0 Å². The fourth-order valence-corrected chi connectivity index (χ4v) is 4.96. The number of nitrogens with zero attached hydrogens (tertiary/aromatic N) is 4. The molecule has 1 aliphatic rings. The summed E-state index contributed by atoms with van der Waals surface area (Å²) in [5.74, 6) is 1.55. The van der Waals surface area contributed by atoms with E-state index >= 15 is 0 Å². The zero-order valence-corrected chi connectivity index (χ0v) is 21.4. The maximum Gasteiger partial charge on any atom is 0.255 e. The summed E-state index contributed by atoms with van der Waals surface area (Å²) in [6, 6.07) is 17.5. The highest BCUT2D eigenvalue weighted by Gasteiger charge is 2.25. The smallest absolute Gasteiger partial charge is 0.255 e. The molecule has 5 rings (SSSR count). The third-order valence-corrected chi connectivity index (χ3v) is 7.00. The predicted molar refractivity (Wildman–Crippen MR) is 148 cm³/mol. The second-order valence-corrected chi connectivity index (χ2v) is 9.64. The van der Waals surface area contributed by atoms with Crippen molar-refractivity contribution >= 4 is 34.6 Å². The summed E-state index contributed by atoms with van der Waals surface area (Å²) < 4.78 is 1.84. The Morgan fingerprint density at radius 2 is 1.92 bits per heavy atom. The van der Waals surface area contributed by atoms with Gasteiger partial charge in [-0.2, -0.15) is 9.61 Å². The van der Waals surface area contributed by atoms with Crippen LogP contribution >= 0.6 is 0 Å². The number of aromatic nitrogens is 3. The molecule has 3 heterocycles. The Kier molecular flexibility index (Phi) is 7.37. The molecule has 0 spiro atoms. The van der Waals surface area contributed by atoms with Crippen molar-refractivity contribution in [3.63, 3.8) is 0 Å². The van der Waals surface area contributed by atoms with Crippen molar-refractivity contribution in [2.45, 2.75) is 52.0 Å². The number of amides is 1. The fourth-order valence-electron chi connectivity index (χ4n) is 4.96. The number of anilines is 4. The molecule has 192 valence electrons. The molecule has 1 fully saturated rings. The summed E-state index contributed by atoms with van der Waals surface area (Å²) in [7, 11) is 0. The molecule has 1 atom stereocenters. The van der Waals surface area contributed by atoms with Gasteiger partial charge in [0.2, 0.25) is 0 Å². The molecule has 2 aromatic heterocycles. The molecular weight excluding hydrogens is 464 g/mol. The van der Waals surface area contributed by atoms with E-state index in [-0.39, 0.29) is 18.6 Å². The van der Waals surface area contributed by atoms with Gasteiger partial charge in [-0.05, 0) is 69.4 Å². The van der Waals surface area contributed by atoms with Crippen molar-refractivity contribution in [1.82, 2.24) is 14.6 Å². The van der Waals surface area contributed by atoms with Crippen molar-refractivity contribution in [2.75, 3.05) is 28.7 Å². The van der Waals surface area contributed by atoms with Crippen LogP contribution in [0.3, 0.4) is 0 Å². The number of hydrogen-bond acceptors (Lipinski definition) is 6. The molecule has 2 aromatic carbocycles. The minimum Gasteiger partial charge on any atom is -0.396 e. The van der Waals surface area contributed by atoms with Crippen LogP contribution in [0.4, 0.5) is 23.0 Å². The van der Waals surface area contributed by atoms with E-state index in [1.807, 2.05) is 72.2 Å². The van der Waals surface area contributed by atoms with Crippen LogP contribution in [0.1, 0.15) is 54.1 Å². The number of aliphatic hydroxyl groups is 1. The molecule has 1 unspecified atom stereocenters. The van der Waals surface area contributed by atoms with Gasteiger partial charge in [-0.25, -0.2) is 4.98 Å². The lowest BCUT2D eigenvalue weighted by Gasteiger charge is -2.36. The Morgan fingerprint density at radius 3 is 2.70 bits per heavy atom. The quantitative estimate of drug-likeness (QED) is 0.304. The molecule has 0 radical (unpaired) electrons. The highest BCUT2D eigenvalue weighted by Crippen LogP contribution is 2.30. The molecule has 1 aliphatic heterocycles. The number of aliphatic hydroxyl groups excluding tert-OH is 1. The molecule has 4 aromatic rings. The van der Waals surface area contributed by atoms with Gasteiger partial charge in [0.05, 0.1) is 6.20 Å². The Morgan fingerprint density at radius 1 is 1.11 bits per heavy atom. The third-order valence-electron chi connectivity index (χ3n) is 7.00. The number of hydrogen-bond donors (Lipinski definition) is 3. The largest absolute Gasteiger partial charge is 0.396 e. The van der Waals surface area contributed by atoms with Gasteiger partial charge in [0.25, 0.3) is 5.91 Å². The highest BCUT2D eigenvalue weighted by molar-refractivity contribution is 6.04. The number of carbonyl (C=O) groups is 1. The molecule has 8 nitrogen and oxygen atoms in total. The third kappa shape index (κ3) is 5.44. The number of benzene rings is 2. The first kappa shape index (κ1) is 24.8. The van der Waals surface area contributed by atoms with Crippen LogP contribution in [-0.4, -0.2) is 44.8 Å². The standard InChI is InChI=1S/C29H34N6O2/c1-3-21-19-30-35-27(18-26(33-28(21)35)34-15-5-4-9-25(34)14-16-36)31-23-7-6-8-24(17-23)32-29(37)22-12-10-20(2)11-13-22/h6-8,10-13,17-19,25,31,36H,3-5,9,14-16H2,1-2H3,(H,32,37). The van der Waals surface area contributed by atoms with Gasteiger partial charge in [-0.3, -0.25) is 4.79 Å². The first-order valence-corrected chi connectivity index (χ1v) is 13.1. The van der Waals surface area contributed by atoms with Crippen molar-refractivity contribution in [3.8, 4) is 0 Å².